The smallest absolute Gasteiger partial charge is 0.261 e. The summed E-state index contributed by atoms with van der Waals surface area (Å²) >= 11 is 3.39. The van der Waals surface area contributed by atoms with Gasteiger partial charge in [0.1, 0.15) is 0 Å². The van der Waals surface area contributed by atoms with Crippen LogP contribution in [0.2, 0.25) is 0 Å². The van der Waals surface area contributed by atoms with Gasteiger partial charge in [0, 0.05) is 43.1 Å². The molecule has 1 saturated heterocycles. The number of aromatic nitrogens is 2. The lowest BCUT2D eigenvalue weighted by Gasteiger charge is -2.33. The van der Waals surface area contributed by atoms with Crippen LogP contribution in [0.5, 0.6) is 0 Å². The third-order valence-electron chi connectivity index (χ3n) is 6.31. The molecule has 1 aliphatic heterocycles. The highest BCUT2D eigenvalue weighted by Crippen LogP contribution is 2.26. The summed E-state index contributed by atoms with van der Waals surface area (Å²) in [5, 5.41) is 3.73. The maximum absolute atomic E-state index is 12.6. The predicted molar refractivity (Wildman–Crippen MR) is 118 cm³/mol. The van der Waals surface area contributed by atoms with E-state index in [0.29, 0.717) is 23.9 Å². The molecule has 1 aliphatic carbocycles. The summed E-state index contributed by atoms with van der Waals surface area (Å²) in [6.45, 7) is 3.73. The number of halogens is 1. The van der Waals surface area contributed by atoms with Crippen LogP contribution in [0, 0.1) is 5.92 Å². The number of amides is 1. The van der Waals surface area contributed by atoms with Gasteiger partial charge in [0.2, 0.25) is 5.91 Å². The number of piperidine rings is 1. The summed E-state index contributed by atoms with van der Waals surface area (Å²) in [6.07, 6.45) is 9.42. The molecule has 1 aromatic heterocycles. The lowest BCUT2D eigenvalue weighted by atomic mass is 10.0. The largest absolute Gasteiger partial charge is 0.353 e. The minimum Gasteiger partial charge on any atom is -0.353 e. The van der Waals surface area contributed by atoms with Crippen molar-refractivity contribution in [2.45, 2.75) is 57.5 Å². The summed E-state index contributed by atoms with van der Waals surface area (Å²) in [5.41, 5.74) is 0.563. The second-order valence-corrected chi connectivity index (χ2v) is 9.36. The van der Waals surface area contributed by atoms with E-state index >= 15 is 0 Å². The van der Waals surface area contributed by atoms with E-state index < -0.39 is 0 Å². The first-order valence-corrected chi connectivity index (χ1v) is 11.5. The molecule has 0 bridgehead atoms. The fourth-order valence-electron chi connectivity index (χ4n) is 4.63. The second kappa shape index (κ2) is 9.39. The molecule has 2 aliphatic rings. The molecular weight excluding hydrogens is 432 g/mol. The first kappa shape index (κ1) is 20.5. The summed E-state index contributed by atoms with van der Waals surface area (Å²) < 4.78 is 2.37. The second-order valence-electron chi connectivity index (χ2n) is 8.45. The van der Waals surface area contributed by atoms with Crippen molar-refractivity contribution in [1.29, 1.82) is 0 Å². The lowest BCUT2D eigenvalue weighted by Crippen LogP contribution is -2.45. The molecule has 0 spiro atoms. The first-order valence-electron chi connectivity index (χ1n) is 10.7. The first-order chi connectivity index (χ1) is 14.1. The van der Waals surface area contributed by atoms with Gasteiger partial charge in [0.15, 0.2) is 0 Å². The van der Waals surface area contributed by atoms with Crippen LogP contribution in [0.3, 0.4) is 0 Å². The van der Waals surface area contributed by atoms with Crippen molar-refractivity contribution in [3.63, 3.8) is 0 Å². The Hall–Kier alpha value is -1.73. The van der Waals surface area contributed by atoms with Crippen molar-refractivity contribution in [3.8, 4) is 0 Å². The number of nitrogens with zero attached hydrogens (tertiary/aromatic N) is 3. The minimum absolute atomic E-state index is 0.0143. The van der Waals surface area contributed by atoms with E-state index in [4.69, 9.17) is 0 Å². The van der Waals surface area contributed by atoms with Crippen molar-refractivity contribution in [2.75, 3.05) is 19.6 Å². The van der Waals surface area contributed by atoms with E-state index in [1.165, 1.54) is 43.1 Å². The lowest BCUT2D eigenvalue weighted by molar-refractivity contribution is -0.122. The Morgan fingerprint density at radius 2 is 1.93 bits per heavy atom. The van der Waals surface area contributed by atoms with E-state index in [1.807, 2.05) is 12.1 Å². The summed E-state index contributed by atoms with van der Waals surface area (Å²) in [7, 11) is 0. The third-order valence-corrected chi connectivity index (χ3v) is 6.80. The van der Waals surface area contributed by atoms with E-state index in [0.717, 1.165) is 36.3 Å². The molecule has 29 heavy (non-hydrogen) atoms. The molecule has 0 radical (unpaired) electrons. The van der Waals surface area contributed by atoms with Crippen LogP contribution >= 0.6 is 15.9 Å². The fourth-order valence-corrected chi connectivity index (χ4v) is 4.99. The molecule has 1 saturated carbocycles. The van der Waals surface area contributed by atoms with Crippen molar-refractivity contribution < 1.29 is 4.79 Å². The number of carbonyl (C=O) groups excluding carboxylic acids is 1. The predicted octanol–water partition coefficient (Wildman–Crippen LogP) is 3.32. The average Bonchev–Trinajstić information content (AvgIpc) is 3.22. The fraction of sp³-hybridized carbons (Fsp3) is 0.591. The van der Waals surface area contributed by atoms with E-state index in [2.05, 4.69) is 31.1 Å². The number of fused-ring (bicyclic) bond motifs is 1. The molecule has 1 N–H and O–H groups in total. The maximum Gasteiger partial charge on any atom is 0.261 e. The number of rotatable bonds is 6. The molecule has 1 aromatic carbocycles. The number of nitrogens with one attached hydrogen (secondary N) is 1. The topological polar surface area (TPSA) is 67.2 Å². The van der Waals surface area contributed by atoms with E-state index in [-0.39, 0.29) is 17.5 Å². The molecule has 4 rings (SSSR count). The molecule has 0 unspecified atom stereocenters. The third kappa shape index (κ3) is 5.25. The van der Waals surface area contributed by atoms with Gasteiger partial charge in [-0.1, -0.05) is 28.8 Å². The number of aryl methyl sites for hydroxylation is 1. The number of carbonyl (C=O) groups is 1. The minimum atomic E-state index is -0.107. The summed E-state index contributed by atoms with van der Waals surface area (Å²) in [6, 6.07) is 5.72. The van der Waals surface area contributed by atoms with Gasteiger partial charge in [-0.15, -0.1) is 0 Å². The molecule has 7 heteroatoms. The number of hydrogen-bond acceptors (Lipinski definition) is 4. The zero-order valence-electron chi connectivity index (χ0n) is 16.8. The van der Waals surface area contributed by atoms with E-state index in [9.17, 15) is 9.59 Å². The van der Waals surface area contributed by atoms with Gasteiger partial charge in [0.05, 0.1) is 17.2 Å². The number of hydrogen-bond donors (Lipinski definition) is 1. The molecule has 1 amide bonds. The number of benzene rings is 1. The van der Waals surface area contributed by atoms with Gasteiger partial charge in [-0.2, -0.15) is 0 Å². The molecule has 0 atom stereocenters. The van der Waals surface area contributed by atoms with Crippen LogP contribution in [0.25, 0.3) is 10.9 Å². The van der Waals surface area contributed by atoms with Crippen LogP contribution < -0.4 is 10.9 Å². The molecule has 2 aromatic rings. The van der Waals surface area contributed by atoms with Crippen molar-refractivity contribution in [2.24, 2.45) is 5.92 Å². The van der Waals surface area contributed by atoms with Crippen LogP contribution in [-0.4, -0.2) is 46.0 Å². The van der Waals surface area contributed by atoms with Crippen molar-refractivity contribution >= 4 is 32.7 Å². The van der Waals surface area contributed by atoms with Gasteiger partial charge < -0.3 is 10.2 Å². The Balaban J connectivity index is 1.25. The SMILES string of the molecule is O=C(CCn1cnc2ccc(Br)cc2c1=O)NC1CCN(CC2CCCC2)CC1. The highest BCUT2D eigenvalue weighted by molar-refractivity contribution is 9.10. The quantitative estimate of drug-likeness (QED) is 0.717. The molecule has 2 heterocycles. The van der Waals surface area contributed by atoms with Crippen LogP contribution in [0.15, 0.2) is 33.8 Å². The summed E-state index contributed by atoms with van der Waals surface area (Å²) in [4.78, 5) is 31.9. The Morgan fingerprint density at radius 1 is 1.17 bits per heavy atom. The highest BCUT2D eigenvalue weighted by Gasteiger charge is 2.24. The van der Waals surface area contributed by atoms with Crippen molar-refractivity contribution in [3.05, 3.63) is 39.4 Å². The molecular formula is C22H29BrN4O2. The highest BCUT2D eigenvalue weighted by atomic mass is 79.9. The Labute approximate surface area is 179 Å². The van der Waals surface area contributed by atoms with Gasteiger partial charge >= 0.3 is 0 Å². The van der Waals surface area contributed by atoms with Crippen LogP contribution in [-0.2, 0) is 11.3 Å². The molecule has 156 valence electrons. The van der Waals surface area contributed by atoms with Gasteiger partial charge in [-0.3, -0.25) is 14.2 Å². The molecule has 6 nitrogen and oxygen atoms in total. The standard InChI is InChI=1S/C22H29BrN4O2/c23-17-5-6-20-19(13-17)22(29)27(15-24-20)12-9-21(28)25-18-7-10-26(11-8-18)14-16-3-1-2-4-16/h5-6,13,15-16,18H,1-4,7-12,14H2,(H,25,28). The van der Waals surface area contributed by atoms with Crippen molar-refractivity contribution in [1.82, 2.24) is 19.8 Å². The normalized spacial score (nSPS) is 19.1. The average molecular weight is 461 g/mol. The Bertz CT molecular complexity index is 915. The zero-order valence-corrected chi connectivity index (χ0v) is 18.4. The van der Waals surface area contributed by atoms with Gasteiger partial charge in [0.25, 0.3) is 5.56 Å². The van der Waals surface area contributed by atoms with Crippen LogP contribution in [0.1, 0.15) is 44.9 Å². The zero-order chi connectivity index (χ0) is 20.2. The number of likely N-dealkylation sites (tertiary alicyclic amines) is 1. The van der Waals surface area contributed by atoms with Crippen LogP contribution in [0.4, 0.5) is 0 Å². The van der Waals surface area contributed by atoms with Gasteiger partial charge in [-0.05, 0) is 49.8 Å². The van der Waals surface area contributed by atoms with E-state index in [1.54, 1.807) is 6.07 Å². The van der Waals surface area contributed by atoms with Gasteiger partial charge in [-0.25, -0.2) is 4.98 Å². The molecule has 2 fully saturated rings. The Morgan fingerprint density at radius 3 is 2.69 bits per heavy atom. The summed E-state index contributed by atoms with van der Waals surface area (Å²) in [5.74, 6) is 0.899. The Kier molecular flexibility index (Phi) is 6.65. The monoisotopic (exact) mass is 460 g/mol. The maximum atomic E-state index is 12.6.